The van der Waals surface area contributed by atoms with Gasteiger partial charge in [-0.05, 0) is 29.8 Å². The van der Waals surface area contributed by atoms with E-state index in [0.29, 0.717) is 22.0 Å². The van der Waals surface area contributed by atoms with Crippen molar-refractivity contribution in [3.05, 3.63) is 58.6 Å². The van der Waals surface area contributed by atoms with Crippen LogP contribution in [0.25, 0.3) is 0 Å². The van der Waals surface area contributed by atoms with E-state index in [0.717, 1.165) is 10.5 Å². The van der Waals surface area contributed by atoms with Gasteiger partial charge in [0, 0.05) is 21.4 Å². The lowest BCUT2D eigenvalue weighted by Crippen LogP contribution is -2.12. The zero-order valence-electron chi connectivity index (χ0n) is 10.1. The fraction of sp³-hybridized carbons (Fsp3) is 0.0714. The highest BCUT2D eigenvalue weighted by atomic mass is 35.5. The Morgan fingerprint density at radius 1 is 1.21 bits per heavy atom. The summed E-state index contributed by atoms with van der Waals surface area (Å²) >= 11 is 7.59. The number of benzene rings is 2. The molecule has 0 saturated heterocycles. The van der Waals surface area contributed by atoms with Crippen LogP contribution in [0.1, 0.15) is 15.9 Å². The van der Waals surface area contributed by atoms with Gasteiger partial charge in [0.15, 0.2) is 0 Å². The van der Waals surface area contributed by atoms with Crippen LogP contribution in [0.2, 0.25) is 5.02 Å². The van der Waals surface area contributed by atoms with Gasteiger partial charge in [0.2, 0.25) is 5.91 Å². The molecule has 98 valence electrons. The molecule has 3 nitrogen and oxygen atoms in total. The summed E-state index contributed by atoms with van der Waals surface area (Å²) in [7, 11) is 0. The minimum atomic E-state index is -0.457. The first-order chi connectivity index (χ1) is 9.08. The monoisotopic (exact) mass is 292 g/mol. The number of nitrogen functional groups attached to an aromatic ring is 1. The average Bonchev–Trinajstić information content (AvgIpc) is 2.37. The van der Waals surface area contributed by atoms with E-state index in [1.165, 1.54) is 11.8 Å². The van der Waals surface area contributed by atoms with E-state index < -0.39 is 5.91 Å². The predicted molar refractivity (Wildman–Crippen MR) is 80.4 cm³/mol. The molecule has 4 N–H and O–H groups in total. The Morgan fingerprint density at radius 2 is 1.95 bits per heavy atom. The third-order valence-corrected chi connectivity index (χ3v) is 4.08. The molecule has 0 aliphatic carbocycles. The molecule has 2 rings (SSSR count). The summed E-state index contributed by atoms with van der Waals surface area (Å²) in [4.78, 5) is 12.1. The van der Waals surface area contributed by atoms with Crippen molar-refractivity contribution in [2.75, 3.05) is 5.73 Å². The number of thioether (sulfide) groups is 1. The number of hydrogen-bond acceptors (Lipinski definition) is 3. The van der Waals surface area contributed by atoms with Crippen LogP contribution in [0.3, 0.4) is 0 Å². The number of carbonyl (C=O) groups excluding carboxylic acids is 1. The minimum absolute atomic E-state index is 0.457. The van der Waals surface area contributed by atoms with E-state index in [1.807, 2.05) is 24.3 Å². The quantitative estimate of drug-likeness (QED) is 0.671. The molecule has 0 radical (unpaired) electrons. The maximum absolute atomic E-state index is 11.4. The molecule has 2 aromatic carbocycles. The second-order valence-electron chi connectivity index (χ2n) is 4.00. The number of hydrogen-bond donors (Lipinski definition) is 2. The normalized spacial score (nSPS) is 10.4. The van der Waals surface area contributed by atoms with Gasteiger partial charge in [-0.25, -0.2) is 0 Å². The molecule has 1 amide bonds. The van der Waals surface area contributed by atoms with Crippen LogP contribution in [-0.4, -0.2) is 5.91 Å². The molecule has 5 heteroatoms. The topological polar surface area (TPSA) is 69.1 Å². The average molecular weight is 293 g/mol. The van der Waals surface area contributed by atoms with E-state index in [2.05, 4.69) is 0 Å². The Morgan fingerprint density at radius 3 is 2.63 bits per heavy atom. The highest BCUT2D eigenvalue weighted by molar-refractivity contribution is 7.98. The van der Waals surface area contributed by atoms with Gasteiger partial charge in [0.25, 0.3) is 0 Å². The van der Waals surface area contributed by atoms with Crippen LogP contribution < -0.4 is 11.5 Å². The third-order valence-electron chi connectivity index (χ3n) is 2.61. The molecule has 0 heterocycles. The summed E-state index contributed by atoms with van der Waals surface area (Å²) in [5.74, 6) is 0.199. The van der Waals surface area contributed by atoms with Gasteiger partial charge in [-0.1, -0.05) is 29.8 Å². The summed E-state index contributed by atoms with van der Waals surface area (Å²) < 4.78 is 0. The van der Waals surface area contributed by atoms with Gasteiger partial charge in [0.1, 0.15) is 0 Å². The van der Waals surface area contributed by atoms with Crippen LogP contribution in [0, 0.1) is 0 Å². The van der Waals surface area contributed by atoms with Crippen LogP contribution in [0.4, 0.5) is 5.69 Å². The molecule has 0 unspecified atom stereocenters. The number of primary amides is 1. The molecule has 0 saturated carbocycles. The number of nitrogens with two attached hydrogens (primary N) is 2. The van der Waals surface area contributed by atoms with Crippen molar-refractivity contribution in [2.24, 2.45) is 5.73 Å². The smallest absolute Gasteiger partial charge is 0.249 e. The lowest BCUT2D eigenvalue weighted by atomic mass is 10.2. The standard InChI is InChI=1S/C14H13ClN2OS/c15-12-4-2-1-3-9(12)8-19-13-7-10(16)5-6-11(13)14(17)18/h1-7H,8,16H2,(H2,17,18). The maximum Gasteiger partial charge on any atom is 0.249 e. The predicted octanol–water partition coefficient (Wildman–Crippen LogP) is 3.31. The second kappa shape index (κ2) is 5.99. The van der Waals surface area contributed by atoms with Crippen molar-refractivity contribution in [3.8, 4) is 0 Å². The van der Waals surface area contributed by atoms with Crippen molar-refractivity contribution < 1.29 is 4.79 Å². The van der Waals surface area contributed by atoms with Crippen LogP contribution >= 0.6 is 23.4 Å². The highest BCUT2D eigenvalue weighted by Gasteiger charge is 2.10. The van der Waals surface area contributed by atoms with Gasteiger partial charge in [-0.3, -0.25) is 4.79 Å². The maximum atomic E-state index is 11.4. The summed E-state index contributed by atoms with van der Waals surface area (Å²) in [6, 6.07) is 12.7. The molecule has 0 aromatic heterocycles. The number of rotatable bonds is 4. The summed E-state index contributed by atoms with van der Waals surface area (Å²) in [6.07, 6.45) is 0. The fourth-order valence-electron chi connectivity index (χ4n) is 1.63. The highest BCUT2D eigenvalue weighted by Crippen LogP contribution is 2.30. The van der Waals surface area contributed by atoms with Gasteiger partial charge >= 0.3 is 0 Å². The number of anilines is 1. The number of carbonyl (C=O) groups is 1. The van der Waals surface area contributed by atoms with E-state index >= 15 is 0 Å². The number of halogens is 1. The van der Waals surface area contributed by atoms with Crippen LogP contribution in [0.15, 0.2) is 47.4 Å². The SMILES string of the molecule is NC(=O)c1ccc(N)cc1SCc1ccccc1Cl. The first-order valence-corrected chi connectivity index (χ1v) is 7.00. The minimum Gasteiger partial charge on any atom is -0.399 e. The number of amides is 1. The fourth-order valence-corrected chi connectivity index (χ4v) is 3.02. The Kier molecular flexibility index (Phi) is 4.35. The Hall–Kier alpha value is -1.65. The van der Waals surface area contributed by atoms with E-state index in [1.54, 1.807) is 18.2 Å². The summed E-state index contributed by atoms with van der Waals surface area (Å²) in [6.45, 7) is 0. The van der Waals surface area contributed by atoms with E-state index in [9.17, 15) is 4.79 Å². The molecular weight excluding hydrogens is 280 g/mol. The zero-order chi connectivity index (χ0) is 13.8. The lowest BCUT2D eigenvalue weighted by molar-refractivity contribution is 0.0997. The molecule has 0 spiro atoms. The summed E-state index contributed by atoms with van der Waals surface area (Å²) in [5.41, 5.74) is 13.2. The molecule has 2 aromatic rings. The largest absolute Gasteiger partial charge is 0.399 e. The Balaban J connectivity index is 2.22. The van der Waals surface area contributed by atoms with Gasteiger partial charge in [-0.15, -0.1) is 11.8 Å². The lowest BCUT2D eigenvalue weighted by Gasteiger charge is -2.08. The van der Waals surface area contributed by atoms with Crippen LogP contribution in [0.5, 0.6) is 0 Å². The van der Waals surface area contributed by atoms with Crippen LogP contribution in [-0.2, 0) is 5.75 Å². The van der Waals surface area contributed by atoms with Gasteiger partial charge in [0.05, 0.1) is 5.56 Å². The van der Waals surface area contributed by atoms with Crippen molar-refractivity contribution in [3.63, 3.8) is 0 Å². The first-order valence-electron chi connectivity index (χ1n) is 5.63. The van der Waals surface area contributed by atoms with Crippen molar-refractivity contribution in [2.45, 2.75) is 10.6 Å². The molecule has 19 heavy (non-hydrogen) atoms. The zero-order valence-corrected chi connectivity index (χ0v) is 11.7. The van der Waals surface area contributed by atoms with E-state index in [-0.39, 0.29) is 0 Å². The van der Waals surface area contributed by atoms with Gasteiger partial charge < -0.3 is 11.5 Å². The summed E-state index contributed by atoms with van der Waals surface area (Å²) in [5, 5.41) is 0.708. The molecule has 0 aliphatic heterocycles. The van der Waals surface area contributed by atoms with E-state index in [4.69, 9.17) is 23.1 Å². The molecular formula is C14H13ClN2OS. The van der Waals surface area contributed by atoms with Crippen molar-refractivity contribution in [1.82, 2.24) is 0 Å². The molecule has 0 atom stereocenters. The third kappa shape index (κ3) is 3.43. The Bertz CT molecular complexity index is 616. The van der Waals surface area contributed by atoms with Gasteiger partial charge in [-0.2, -0.15) is 0 Å². The van der Waals surface area contributed by atoms with Crippen molar-refractivity contribution >= 4 is 35.0 Å². The Labute approximate surface area is 120 Å². The first kappa shape index (κ1) is 13.8. The van der Waals surface area contributed by atoms with Crippen molar-refractivity contribution in [1.29, 1.82) is 0 Å². The molecule has 0 bridgehead atoms. The molecule has 0 aliphatic rings. The second-order valence-corrected chi connectivity index (χ2v) is 5.42. The molecule has 0 fully saturated rings.